The first-order valence-corrected chi connectivity index (χ1v) is 7.49. The summed E-state index contributed by atoms with van der Waals surface area (Å²) >= 11 is 3.40. The average molecular weight is 347 g/mol. The van der Waals surface area contributed by atoms with Gasteiger partial charge in [-0.05, 0) is 36.8 Å². The molecular formula is C16H15BrN2O2. The Balaban J connectivity index is 1.84. The lowest BCUT2D eigenvalue weighted by molar-refractivity contribution is -0.117. The van der Waals surface area contributed by atoms with Gasteiger partial charge in [-0.2, -0.15) is 0 Å². The quantitative estimate of drug-likeness (QED) is 0.796. The zero-order chi connectivity index (χ0) is 15.0. The van der Waals surface area contributed by atoms with Crippen molar-refractivity contribution in [2.45, 2.75) is 19.0 Å². The number of carbonyl (C=O) groups excluding carboxylic acids is 1. The third kappa shape index (κ3) is 2.80. The summed E-state index contributed by atoms with van der Waals surface area (Å²) in [6.45, 7) is 1.97. The fraction of sp³-hybridized carbons (Fsp3) is 0.188. The van der Waals surface area contributed by atoms with Crippen LogP contribution in [0.3, 0.4) is 0 Å². The van der Waals surface area contributed by atoms with E-state index in [9.17, 15) is 9.90 Å². The van der Waals surface area contributed by atoms with Crippen LogP contribution in [-0.2, 0) is 4.79 Å². The summed E-state index contributed by atoms with van der Waals surface area (Å²) in [5.74, 6) is 0.163. The summed E-state index contributed by atoms with van der Waals surface area (Å²) in [5.41, 5.74) is 2.71. The number of rotatable bonds is 3. The Morgan fingerprint density at radius 1 is 1.29 bits per heavy atom. The van der Waals surface area contributed by atoms with Crippen LogP contribution in [0.5, 0.6) is 5.75 Å². The van der Waals surface area contributed by atoms with E-state index in [1.807, 2.05) is 31.2 Å². The highest BCUT2D eigenvalue weighted by Crippen LogP contribution is 2.34. The van der Waals surface area contributed by atoms with Gasteiger partial charge >= 0.3 is 0 Å². The van der Waals surface area contributed by atoms with E-state index in [1.165, 1.54) is 0 Å². The van der Waals surface area contributed by atoms with Gasteiger partial charge < -0.3 is 10.4 Å². The molecule has 2 aromatic carbocycles. The molecule has 1 heterocycles. The normalized spacial score (nSPS) is 18.2. The van der Waals surface area contributed by atoms with Crippen molar-refractivity contribution >= 4 is 27.5 Å². The first-order valence-electron chi connectivity index (χ1n) is 6.70. The Morgan fingerprint density at radius 2 is 2.10 bits per heavy atom. The molecule has 1 aliphatic heterocycles. The van der Waals surface area contributed by atoms with Gasteiger partial charge in [0, 0.05) is 21.8 Å². The minimum atomic E-state index is -0.384. The van der Waals surface area contributed by atoms with Gasteiger partial charge in [0.05, 0.1) is 0 Å². The Bertz CT molecular complexity index is 702. The molecule has 0 saturated heterocycles. The Hall–Kier alpha value is -1.85. The number of nitrogens with one attached hydrogen (secondary N) is 2. The van der Waals surface area contributed by atoms with Gasteiger partial charge in [0.15, 0.2) is 0 Å². The maximum absolute atomic E-state index is 12.1. The van der Waals surface area contributed by atoms with Crippen LogP contribution in [0, 0.1) is 0 Å². The molecule has 0 aromatic heterocycles. The van der Waals surface area contributed by atoms with Gasteiger partial charge in [0.25, 0.3) is 0 Å². The maximum Gasteiger partial charge on any atom is 0.246 e. The van der Waals surface area contributed by atoms with Crippen LogP contribution in [0.2, 0.25) is 0 Å². The minimum absolute atomic E-state index is 0.0533. The van der Waals surface area contributed by atoms with Crippen LogP contribution < -0.4 is 10.6 Å². The molecule has 5 heteroatoms. The molecule has 3 N–H and O–H groups in total. The number of halogens is 1. The zero-order valence-corrected chi connectivity index (χ0v) is 13.0. The largest absolute Gasteiger partial charge is 0.508 e. The number of phenolic OH excluding ortho intramolecular Hbond substituents is 1. The predicted molar refractivity (Wildman–Crippen MR) is 85.2 cm³/mol. The highest BCUT2D eigenvalue weighted by atomic mass is 79.9. The number of hydrogen-bond acceptors (Lipinski definition) is 3. The van der Waals surface area contributed by atoms with Gasteiger partial charge in [0.2, 0.25) is 5.91 Å². The summed E-state index contributed by atoms with van der Waals surface area (Å²) < 4.78 is 0.934. The minimum Gasteiger partial charge on any atom is -0.508 e. The number of amides is 1. The van der Waals surface area contributed by atoms with Crippen molar-refractivity contribution in [2.75, 3.05) is 5.32 Å². The molecular weight excluding hydrogens is 332 g/mol. The Morgan fingerprint density at radius 3 is 2.86 bits per heavy atom. The van der Waals surface area contributed by atoms with Crippen molar-refractivity contribution in [3.05, 3.63) is 58.1 Å². The highest BCUT2D eigenvalue weighted by molar-refractivity contribution is 9.10. The van der Waals surface area contributed by atoms with Gasteiger partial charge in [-0.25, -0.2) is 0 Å². The molecule has 0 bridgehead atoms. The molecule has 2 unspecified atom stereocenters. The summed E-state index contributed by atoms with van der Waals surface area (Å²) in [7, 11) is 0. The molecule has 0 fully saturated rings. The molecule has 1 aliphatic rings. The number of carbonyl (C=O) groups is 1. The van der Waals surface area contributed by atoms with Crippen molar-refractivity contribution in [1.82, 2.24) is 5.32 Å². The van der Waals surface area contributed by atoms with Gasteiger partial charge in [0.1, 0.15) is 11.8 Å². The second-order valence-electron chi connectivity index (χ2n) is 5.14. The summed E-state index contributed by atoms with van der Waals surface area (Å²) in [4.78, 5) is 12.1. The van der Waals surface area contributed by atoms with Crippen LogP contribution in [0.25, 0.3) is 0 Å². The molecule has 2 atom stereocenters. The Kier molecular flexibility index (Phi) is 3.69. The lowest BCUT2D eigenvalue weighted by Gasteiger charge is -2.19. The average Bonchev–Trinajstić information content (AvgIpc) is 2.74. The first kappa shape index (κ1) is 14.1. The lowest BCUT2D eigenvalue weighted by Crippen LogP contribution is -2.29. The van der Waals surface area contributed by atoms with Crippen molar-refractivity contribution in [1.29, 1.82) is 0 Å². The van der Waals surface area contributed by atoms with Gasteiger partial charge in [-0.15, -0.1) is 0 Å². The third-order valence-electron chi connectivity index (χ3n) is 3.63. The van der Waals surface area contributed by atoms with Crippen molar-refractivity contribution in [3.8, 4) is 5.75 Å². The number of hydrogen-bond donors (Lipinski definition) is 3. The van der Waals surface area contributed by atoms with E-state index in [4.69, 9.17) is 0 Å². The summed E-state index contributed by atoms with van der Waals surface area (Å²) in [6, 6.07) is 12.4. The maximum atomic E-state index is 12.1. The van der Waals surface area contributed by atoms with Crippen molar-refractivity contribution < 1.29 is 9.90 Å². The van der Waals surface area contributed by atoms with Crippen LogP contribution in [0.15, 0.2) is 46.9 Å². The lowest BCUT2D eigenvalue weighted by atomic mass is 10.0. The number of aromatic hydroxyl groups is 1. The number of phenols is 1. The molecule has 21 heavy (non-hydrogen) atoms. The molecule has 3 rings (SSSR count). The smallest absolute Gasteiger partial charge is 0.246 e. The molecule has 0 spiro atoms. The van der Waals surface area contributed by atoms with Crippen LogP contribution >= 0.6 is 15.9 Å². The molecule has 1 amide bonds. The van der Waals surface area contributed by atoms with E-state index in [2.05, 4.69) is 26.6 Å². The summed E-state index contributed by atoms with van der Waals surface area (Å²) in [5, 5.41) is 15.7. The standard InChI is InChI=1S/C16H15BrN2O2/c1-9(10-3-2-4-12(20)7-10)18-15-13-6-5-11(17)8-14(13)19-16(15)21/h2-9,15,18,20H,1H3,(H,19,21). The summed E-state index contributed by atoms with van der Waals surface area (Å²) in [6.07, 6.45) is 0. The van der Waals surface area contributed by atoms with E-state index in [1.54, 1.807) is 18.2 Å². The number of fused-ring (bicyclic) bond motifs is 1. The van der Waals surface area contributed by atoms with Crippen molar-refractivity contribution in [2.24, 2.45) is 0 Å². The van der Waals surface area contributed by atoms with Gasteiger partial charge in [-0.1, -0.05) is 34.1 Å². The van der Waals surface area contributed by atoms with E-state index >= 15 is 0 Å². The third-order valence-corrected chi connectivity index (χ3v) is 4.13. The number of benzene rings is 2. The Labute approximate surface area is 131 Å². The number of anilines is 1. The second-order valence-corrected chi connectivity index (χ2v) is 6.05. The second kappa shape index (κ2) is 5.50. The van der Waals surface area contributed by atoms with E-state index in [-0.39, 0.29) is 23.7 Å². The molecule has 108 valence electrons. The topological polar surface area (TPSA) is 61.4 Å². The molecule has 4 nitrogen and oxygen atoms in total. The van der Waals surface area contributed by atoms with Crippen LogP contribution in [0.1, 0.15) is 30.1 Å². The molecule has 2 aromatic rings. The molecule has 0 saturated carbocycles. The fourth-order valence-electron chi connectivity index (χ4n) is 2.54. The van der Waals surface area contributed by atoms with Crippen LogP contribution in [-0.4, -0.2) is 11.0 Å². The molecule has 0 radical (unpaired) electrons. The highest BCUT2D eigenvalue weighted by Gasteiger charge is 2.31. The SMILES string of the molecule is CC(NC1C(=O)Nc2cc(Br)ccc21)c1cccc(O)c1. The van der Waals surface area contributed by atoms with Crippen LogP contribution in [0.4, 0.5) is 5.69 Å². The first-order chi connectivity index (χ1) is 10.0. The van der Waals surface area contributed by atoms with Crippen molar-refractivity contribution in [3.63, 3.8) is 0 Å². The predicted octanol–water partition coefficient (Wildman–Crippen LogP) is 3.50. The fourth-order valence-corrected chi connectivity index (χ4v) is 2.90. The monoisotopic (exact) mass is 346 g/mol. The van der Waals surface area contributed by atoms with Gasteiger partial charge in [-0.3, -0.25) is 10.1 Å². The molecule has 0 aliphatic carbocycles. The van der Waals surface area contributed by atoms with E-state index in [0.29, 0.717) is 0 Å². The van der Waals surface area contributed by atoms with E-state index in [0.717, 1.165) is 21.3 Å². The van der Waals surface area contributed by atoms with E-state index < -0.39 is 0 Å². The zero-order valence-electron chi connectivity index (χ0n) is 11.4.